The van der Waals surface area contributed by atoms with E-state index in [0.29, 0.717) is 18.7 Å². The Balaban J connectivity index is 0.00000200. The Kier molecular flexibility index (Phi) is 5.94. The molecule has 1 aliphatic rings. The quantitative estimate of drug-likeness (QED) is 0.925. The highest BCUT2D eigenvalue weighted by Gasteiger charge is 2.29. The van der Waals surface area contributed by atoms with Crippen molar-refractivity contribution in [2.45, 2.75) is 30.7 Å². The third-order valence-electron chi connectivity index (χ3n) is 3.57. The van der Waals surface area contributed by atoms with Crippen LogP contribution in [0.4, 0.5) is 4.39 Å². The van der Waals surface area contributed by atoms with Gasteiger partial charge in [0, 0.05) is 19.1 Å². The molecular weight excluding hydrogens is 303 g/mol. The maximum absolute atomic E-state index is 13.5. The molecule has 1 aliphatic heterocycles. The number of halogens is 2. The summed E-state index contributed by atoms with van der Waals surface area (Å²) < 4.78 is 39.8. The summed E-state index contributed by atoms with van der Waals surface area (Å²) in [5.41, 5.74) is 0.450. The molecule has 1 fully saturated rings. The van der Waals surface area contributed by atoms with Gasteiger partial charge < -0.3 is 5.32 Å². The highest BCUT2D eigenvalue weighted by atomic mass is 35.5. The Morgan fingerprint density at radius 2 is 2.10 bits per heavy atom. The summed E-state index contributed by atoms with van der Waals surface area (Å²) in [6.07, 6.45) is 1.78. The first-order valence-electron chi connectivity index (χ1n) is 6.38. The summed E-state index contributed by atoms with van der Waals surface area (Å²) in [5, 5.41) is 3.10. The summed E-state index contributed by atoms with van der Waals surface area (Å²) in [7, 11) is -1.77. The lowest BCUT2D eigenvalue weighted by Gasteiger charge is -2.31. The molecule has 7 heteroatoms. The SMILES string of the molecule is CNC1CCCN(S(=O)(=O)c2ccc(C)c(F)c2)C1.Cl. The Hall–Kier alpha value is -0.690. The number of rotatable bonds is 3. The van der Waals surface area contributed by atoms with Crippen LogP contribution in [-0.4, -0.2) is 38.9 Å². The van der Waals surface area contributed by atoms with E-state index in [-0.39, 0.29) is 23.3 Å². The Morgan fingerprint density at radius 3 is 2.70 bits per heavy atom. The Labute approximate surface area is 125 Å². The summed E-state index contributed by atoms with van der Waals surface area (Å²) in [6, 6.07) is 4.24. The number of hydrogen-bond acceptors (Lipinski definition) is 3. The third-order valence-corrected chi connectivity index (χ3v) is 5.43. The second-order valence-corrected chi connectivity index (χ2v) is 6.84. The third kappa shape index (κ3) is 3.49. The molecule has 0 aliphatic carbocycles. The van der Waals surface area contributed by atoms with Gasteiger partial charge in [0.2, 0.25) is 10.0 Å². The molecule has 114 valence electrons. The number of hydrogen-bond donors (Lipinski definition) is 1. The Morgan fingerprint density at radius 1 is 1.40 bits per heavy atom. The number of benzene rings is 1. The molecule has 0 saturated carbocycles. The molecule has 0 radical (unpaired) electrons. The van der Waals surface area contributed by atoms with Crippen LogP contribution < -0.4 is 5.32 Å². The van der Waals surface area contributed by atoms with Crippen molar-refractivity contribution >= 4 is 22.4 Å². The molecule has 2 rings (SSSR count). The van der Waals surface area contributed by atoms with Gasteiger partial charge in [-0.25, -0.2) is 12.8 Å². The van der Waals surface area contributed by atoms with Crippen LogP contribution in [-0.2, 0) is 10.0 Å². The van der Waals surface area contributed by atoms with Crippen molar-refractivity contribution in [2.24, 2.45) is 0 Å². The van der Waals surface area contributed by atoms with E-state index in [4.69, 9.17) is 0 Å². The van der Waals surface area contributed by atoms with Gasteiger partial charge in [-0.2, -0.15) is 4.31 Å². The number of aryl methyl sites for hydroxylation is 1. The van der Waals surface area contributed by atoms with Gasteiger partial charge in [0.1, 0.15) is 5.82 Å². The van der Waals surface area contributed by atoms with Gasteiger partial charge in [-0.1, -0.05) is 6.07 Å². The number of nitrogens with one attached hydrogen (secondary N) is 1. The lowest BCUT2D eigenvalue weighted by atomic mass is 10.1. The maximum Gasteiger partial charge on any atom is 0.243 e. The lowest BCUT2D eigenvalue weighted by Crippen LogP contribution is -2.46. The van der Waals surface area contributed by atoms with Crippen LogP contribution in [0.2, 0.25) is 0 Å². The fourth-order valence-electron chi connectivity index (χ4n) is 2.28. The van der Waals surface area contributed by atoms with E-state index >= 15 is 0 Å². The molecular formula is C13H20ClFN2O2S. The van der Waals surface area contributed by atoms with Crippen LogP contribution >= 0.6 is 12.4 Å². The molecule has 0 spiro atoms. The van der Waals surface area contributed by atoms with Crippen molar-refractivity contribution in [1.29, 1.82) is 0 Å². The predicted octanol–water partition coefficient (Wildman–Crippen LogP) is 1.93. The normalized spacial score (nSPS) is 20.4. The molecule has 1 saturated heterocycles. The van der Waals surface area contributed by atoms with E-state index in [9.17, 15) is 12.8 Å². The largest absolute Gasteiger partial charge is 0.316 e. The fraction of sp³-hybridized carbons (Fsp3) is 0.538. The van der Waals surface area contributed by atoms with Crippen molar-refractivity contribution in [1.82, 2.24) is 9.62 Å². The van der Waals surface area contributed by atoms with Gasteiger partial charge in [0.15, 0.2) is 0 Å². The van der Waals surface area contributed by atoms with Crippen molar-refractivity contribution in [3.05, 3.63) is 29.6 Å². The Bertz CT molecular complexity index is 565. The standard InChI is InChI=1S/C13H19FN2O2S.ClH/c1-10-5-6-12(8-13(10)14)19(17,18)16-7-3-4-11(9-16)15-2;/h5-6,8,11,15H,3-4,7,9H2,1-2H3;1H. The van der Waals surface area contributed by atoms with E-state index in [0.717, 1.165) is 18.9 Å². The fourth-order valence-corrected chi connectivity index (χ4v) is 3.82. The lowest BCUT2D eigenvalue weighted by molar-refractivity contribution is 0.293. The van der Waals surface area contributed by atoms with E-state index in [2.05, 4.69) is 5.32 Å². The number of likely N-dealkylation sites (N-methyl/N-ethyl adjacent to an activating group) is 1. The zero-order valence-corrected chi connectivity index (χ0v) is 13.2. The van der Waals surface area contributed by atoms with Gasteiger partial charge in [-0.05, 0) is 44.5 Å². The van der Waals surface area contributed by atoms with E-state index in [1.165, 1.54) is 16.4 Å². The highest BCUT2D eigenvalue weighted by Crippen LogP contribution is 2.22. The zero-order chi connectivity index (χ0) is 14.0. The van der Waals surface area contributed by atoms with Crippen LogP contribution in [0.1, 0.15) is 18.4 Å². The summed E-state index contributed by atoms with van der Waals surface area (Å²) >= 11 is 0. The van der Waals surface area contributed by atoms with Crippen LogP contribution in [0.3, 0.4) is 0 Å². The molecule has 4 nitrogen and oxygen atoms in total. The minimum Gasteiger partial charge on any atom is -0.316 e. The molecule has 0 bridgehead atoms. The molecule has 1 unspecified atom stereocenters. The first-order chi connectivity index (χ1) is 8.95. The molecule has 0 aromatic heterocycles. The topological polar surface area (TPSA) is 49.4 Å². The average molecular weight is 323 g/mol. The minimum absolute atomic E-state index is 0. The van der Waals surface area contributed by atoms with Gasteiger partial charge in [0.05, 0.1) is 4.90 Å². The summed E-state index contributed by atoms with van der Waals surface area (Å²) in [6.45, 7) is 2.55. The van der Waals surface area contributed by atoms with Gasteiger partial charge in [-0.3, -0.25) is 0 Å². The van der Waals surface area contributed by atoms with Crippen molar-refractivity contribution in [3.63, 3.8) is 0 Å². The van der Waals surface area contributed by atoms with Gasteiger partial charge in [-0.15, -0.1) is 12.4 Å². The van der Waals surface area contributed by atoms with Crippen LogP contribution in [0.5, 0.6) is 0 Å². The predicted molar refractivity (Wildman–Crippen MR) is 79.2 cm³/mol. The zero-order valence-electron chi connectivity index (χ0n) is 11.6. The molecule has 1 N–H and O–H groups in total. The van der Waals surface area contributed by atoms with E-state index in [1.54, 1.807) is 6.92 Å². The van der Waals surface area contributed by atoms with Crippen molar-refractivity contribution < 1.29 is 12.8 Å². The van der Waals surface area contributed by atoms with E-state index < -0.39 is 15.8 Å². The van der Waals surface area contributed by atoms with Crippen molar-refractivity contribution in [3.8, 4) is 0 Å². The molecule has 1 heterocycles. The number of sulfonamides is 1. The van der Waals surface area contributed by atoms with Crippen molar-refractivity contribution in [2.75, 3.05) is 20.1 Å². The van der Waals surface area contributed by atoms with Gasteiger partial charge >= 0.3 is 0 Å². The summed E-state index contributed by atoms with van der Waals surface area (Å²) in [4.78, 5) is 0.0346. The molecule has 1 atom stereocenters. The first kappa shape index (κ1) is 17.4. The monoisotopic (exact) mass is 322 g/mol. The number of piperidine rings is 1. The number of nitrogens with zero attached hydrogens (tertiary/aromatic N) is 1. The summed E-state index contributed by atoms with van der Waals surface area (Å²) in [5.74, 6) is -0.483. The maximum atomic E-state index is 13.5. The molecule has 1 aromatic carbocycles. The second kappa shape index (κ2) is 6.85. The second-order valence-electron chi connectivity index (χ2n) is 4.90. The first-order valence-corrected chi connectivity index (χ1v) is 7.82. The average Bonchev–Trinajstić information content (AvgIpc) is 2.41. The molecule has 20 heavy (non-hydrogen) atoms. The van der Waals surface area contributed by atoms with E-state index in [1.807, 2.05) is 7.05 Å². The van der Waals surface area contributed by atoms with Gasteiger partial charge in [0.25, 0.3) is 0 Å². The van der Waals surface area contributed by atoms with Crippen LogP contribution in [0, 0.1) is 12.7 Å². The minimum atomic E-state index is -3.59. The highest BCUT2D eigenvalue weighted by molar-refractivity contribution is 7.89. The molecule has 0 amide bonds. The van der Waals surface area contributed by atoms with Crippen LogP contribution in [0.25, 0.3) is 0 Å². The molecule has 1 aromatic rings. The van der Waals surface area contributed by atoms with Crippen LogP contribution in [0.15, 0.2) is 23.1 Å². The smallest absolute Gasteiger partial charge is 0.243 e.